The van der Waals surface area contributed by atoms with E-state index in [9.17, 15) is 9.59 Å². The highest BCUT2D eigenvalue weighted by Gasteiger charge is 2.35. The van der Waals surface area contributed by atoms with Crippen LogP contribution in [0.3, 0.4) is 0 Å². The van der Waals surface area contributed by atoms with Crippen molar-refractivity contribution in [1.82, 2.24) is 15.5 Å². The molecule has 1 heterocycles. The maximum Gasteiger partial charge on any atom is 0.258 e. The summed E-state index contributed by atoms with van der Waals surface area (Å²) in [4.78, 5) is 27.1. The minimum absolute atomic E-state index is 0.111. The first-order valence-electron chi connectivity index (χ1n) is 8.49. The van der Waals surface area contributed by atoms with Gasteiger partial charge in [-0.2, -0.15) is 0 Å². The molecule has 25 heavy (non-hydrogen) atoms. The van der Waals surface area contributed by atoms with Crippen molar-refractivity contribution in [2.75, 3.05) is 34.4 Å². The number of hydrogen-bond donors (Lipinski definition) is 2. The average Bonchev–Trinajstić information content (AvgIpc) is 3.14. The smallest absolute Gasteiger partial charge is 0.258 e. The van der Waals surface area contributed by atoms with E-state index < -0.39 is 6.04 Å². The first-order valence-corrected chi connectivity index (χ1v) is 8.49. The number of methoxy groups -OCH3 is 2. The van der Waals surface area contributed by atoms with Crippen molar-refractivity contribution in [3.63, 3.8) is 0 Å². The Morgan fingerprint density at radius 1 is 1.32 bits per heavy atom. The van der Waals surface area contributed by atoms with Gasteiger partial charge in [-0.25, -0.2) is 0 Å². The molecule has 7 nitrogen and oxygen atoms in total. The zero-order valence-corrected chi connectivity index (χ0v) is 15.3. The van der Waals surface area contributed by atoms with Crippen LogP contribution in [-0.2, 0) is 4.79 Å². The van der Waals surface area contributed by atoms with Crippen LogP contribution >= 0.6 is 0 Å². The van der Waals surface area contributed by atoms with Crippen LogP contribution in [0, 0.1) is 0 Å². The number of carbonyl (C=O) groups is 2. The molecule has 0 saturated carbocycles. The van der Waals surface area contributed by atoms with E-state index in [1.807, 2.05) is 14.0 Å². The van der Waals surface area contributed by atoms with E-state index in [1.54, 1.807) is 30.2 Å². The number of carbonyl (C=O) groups excluding carboxylic acids is 2. The average molecular weight is 349 g/mol. The minimum Gasteiger partial charge on any atom is -0.497 e. The van der Waals surface area contributed by atoms with E-state index in [4.69, 9.17) is 9.47 Å². The molecule has 2 rings (SSSR count). The van der Waals surface area contributed by atoms with Crippen molar-refractivity contribution in [3.05, 3.63) is 23.8 Å². The number of hydrogen-bond acceptors (Lipinski definition) is 5. The molecule has 2 amide bonds. The molecule has 0 bridgehead atoms. The monoisotopic (exact) mass is 349 g/mol. The Labute approximate surface area is 148 Å². The number of nitrogens with one attached hydrogen (secondary N) is 2. The van der Waals surface area contributed by atoms with Gasteiger partial charge >= 0.3 is 0 Å². The van der Waals surface area contributed by atoms with Gasteiger partial charge in [0.15, 0.2) is 0 Å². The topological polar surface area (TPSA) is 79.9 Å². The van der Waals surface area contributed by atoms with Crippen LogP contribution in [0.2, 0.25) is 0 Å². The number of likely N-dealkylation sites (N-methyl/N-ethyl adjacent to an activating group) is 1. The highest BCUT2D eigenvalue weighted by molar-refractivity contribution is 6.00. The van der Waals surface area contributed by atoms with Crippen LogP contribution in [0.25, 0.3) is 0 Å². The molecular weight excluding hydrogens is 322 g/mol. The Morgan fingerprint density at radius 2 is 2.08 bits per heavy atom. The van der Waals surface area contributed by atoms with Crippen molar-refractivity contribution < 1.29 is 19.1 Å². The summed E-state index contributed by atoms with van der Waals surface area (Å²) in [7, 11) is 4.92. The molecule has 1 fully saturated rings. The van der Waals surface area contributed by atoms with Crippen molar-refractivity contribution in [1.29, 1.82) is 0 Å². The van der Waals surface area contributed by atoms with Gasteiger partial charge in [0.2, 0.25) is 5.91 Å². The van der Waals surface area contributed by atoms with Crippen molar-refractivity contribution in [2.45, 2.75) is 31.8 Å². The highest BCUT2D eigenvalue weighted by atomic mass is 16.5. The van der Waals surface area contributed by atoms with Crippen LogP contribution in [-0.4, -0.2) is 63.2 Å². The van der Waals surface area contributed by atoms with E-state index in [0.717, 1.165) is 6.42 Å². The summed E-state index contributed by atoms with van der Waals surface area (Å²) in [5.74, 6) is 0.753. The second kappa shape index (κ2) is 8.71. The fourth-order valence-corrected chi connectivity index (χ4v) is 2.89. The maximum absolute atomic E-state index is 12.9. The highest BCUT2D eigenvalue weighted by Crippen LogP contribution is 2.28. The SMILES string of the molecule is CNC(C)CNC(=O)C1CCCN1C(=O)c1ccc(OC)cc1OC. The quantitative estimate of drug-likeness (QED) is 0.769. The van der Waals surface area contributed by atoms with Gasteiger partial charge < -0.3 is 25.0 Å². The van der Waals surface area contributed by atoms with Gasteiger partial charge in [0, 0.05) is 25.2 Å². The summed E-state index contributed by atoms with van der Waals surface area (Å²) in [6, 6.07) is 4.80. The summed E-state index contributed by atoms with van der Waals surface area (Å²) >= 11 is 0. The molecule has 1 aromatic carbocycles. The second-order valence-electron chi connectivity index (χ2n) is 6.16. The molecule has 0 aliphatic carbocycles. The van der Waals surface area contributed by atoms with Crippen LogP contribution in [0.15, 0.2) is 18.2 Å². The molecule has 1 saturated heterocycles. The first-order chi connectivity index (χ1) is 12.0. The molecule has 1 aliphatic heterocycles. The summed E-state index contributed by atoms with van der Waals surface area (Å²) < 4.78 is 10.5. The van der Waals surface area contributed by atoms with Gasteiger partial charge in [-0.1, -0.05) is 0 Å². The predicted molar refractivity (Wildman–Crippen MR) is 95.1 cm³/mol. The fraction of sp³-hybridized carbons (Fsp3) is 0.556. The van der Waals surface area contributed by atoms with E-state index in [0.29, 0.717) is 36.6 Å². The normalized spacial score (nSPS) is 17.9. The number of likely N-dealkylation sites (tertiary alicyclic amines) is 1. The van der Waals surface area contributed by atoms with Crippen molar-refractivity contribution in [3.8, 4) is 11.5 Å². The summed E-state index contributed by atoms with van der Waals surface area (Å²) in [5.41, 5.74) is 0.437. The van der Waals surface area contributed by atoms with Crippen LogP contribution in [0.5, 0.6) is 11.5 Å². The third-order valence-corrected chi connectivity index (χ3v) is 4.53. The molecule has 0 spiro atoms. The van der Waals surface area contributed by atoms with Gasteiger partial charge in [0.05, 0.1) is 19.8 Å². The Balaban J connectivity index is 2.13. The predicted octanol–water partition coefficient (Wildman–Crippen LogP) is 1.03. The first kappa shape index (κ1) is 19.1. The Kier molecular flexibility index (Phi) is 6.64. The number of nitrogens with zero attached hydrogens (tertiary/aromatic N) is 1. The molecule has 0 aromatic heterocycles. The van der Waals surface area contributed by atoms with Crippen molar-refractivity contribution >= 4 is 11.8 Å². The van der Waals surface area contributed by atoms with Gasteiger partial charge in [0.1, 0.15) is 17.5 Å². The molecular formula is C18H27N3O4. The lowest BCUT2D eigenvalue weighted by Crippen LogP contribution is -2.48. The molecule has 2 N–H and O–H groups in total. The zero-order chi connectivity index (χ0) is 18.4. The second-order valence-corrected chi connectivity index (χ2v) is 6.16. The largest absolute Gasteiger partial charge is 0.497 e. The zero-order valence-electron chi connectivity index (χ0n) is 15.3. The minimum atomic E-state index is -0.441. The maximum atomic E-state index is 12.9. The third-order valence-electron chi connectivity index (χ3n) is 4.53. The molecule has 2 atom stereocenters. The Bertz CT molecular complexity index is 620. The molecule has 1 aliphatic rings. The lowest BCUT2D eigenvalue weighted by molar-refractivity contribution is -0.124. The van der Waals surface area contributed by atoms with E-state index in [-0.39, 0.29) is 17.9 Å². The summed E-state index contributed by atoms with van der Waals surface area (Å²) in [6.45, 7) is 3.08. The van der Waals surface area contributed by atoms with Crippen LogP contribution in [0.4, 0.5) is 0 Å². The van der Waals surface area contributed by atoms with Gasteiger partial charge in [-0.15, -0.1) is 0 Å². The standard InChI is InChI=1S/C18H27N3O4/c1-12(19-2)11-20-17(22)15-6-5-9-21(15)18(23)14-8-7-13(24-3)10-16(14)25-4/h7-8,10,12,15,19H,5-6,9,11H2,1-4H3,(H,20,22). The lowest BCUT2D eigenvalue weighted by Gasteiger charge is -2.25. The Morgan fingerprint density at radius 3 is 2.72 bits per heavy atom. The molecule has 138 valence electrons. The molecule has 7 heteroatoms. The third kappa shape index (κ3) is 4.42. The summed E-state index contributed by atoms with van der Waals surface area (Å²) in [6.07, 6.45) is 1.48. The molecule has 1 aromatic rings. The van der Waals surface area contributed by atoms with E-state index in [1.165, 1.54) is 7.11 Å². The number of benzene rings is 1. The number of ether oxygens (including phenoxy) is 2. The Hall–Kier alpha value is -2.28. The molecule has 2 unspecified atom stereocenters. The molecule has 0 radical (unpaired) electrons. The van der Waals surface area contributed by atoms with Crippen LogP contribution < -0.4 is 20.1 Å². The summed E-state index contributed by atoms with van der Waals surface area (Å²) in [5, 5.41) is 5.98. The van der Waals surface area contributed by atoms with Gasteiger partial charge in [-0.05, 0) is 38.9 Å². The van der Waals surface area contributed by atoms with Gasteiger partial charge in [0.25, 0.3) is 5.91 Å². The lowest BCUT2D eigenvalue weighted by atomic mass is 10.1. The van der Waals surface area contributed by atoms with E-state index in [2.05, 4.69) is 10.6 Å². The number of rotatable bonds is 7. The van der Waals surface area contributed by atoms with Gasteiger partial charge in [-0.3, -0.25) is 9.59 Å². The number of amides is 2. The van der Waals surface area contributed by atoms with Crippen molar-refractivity contribution in [2.24, 2.45) is 0 Å². The van der Waals surface area contributed by atoms with Crippen LogP contribution in [0.1, 0.15) is 30.1 Å². The fourth-order valence-electron chi connectivity index (χ4n) is 2.89. The van der Waals surface area contributed by atoms with E-state index >= 15 is 0 Å².